The first-order valence-electron chi connectivity index (χ1n) is 10.1. The van der Waals surface area contributed by atoms with Gasteiger partial charge in [-0.1, -0.05) is 17.8 Å². The van der Waals surface area contributed by atoms with Crippen molar-refractivity contribution in [2.75, 3.05) is 17.7 Å². The van der Waals surface area contributed by atoms with Crippen LogP contribution in [0.25, 0.3) is 11.4 Å². The summed E-state index contributed by atoms with van der Waals surface area (Å²) in [5.74, 6) is 1.72. The van der Waals surface area contributed by atoms with E-state index in [0.717, 1.165) is 53.4 Å². The van der Waals surface area contributed by atoms with E-state index in [-0.39, 0.29) is 17.8 Å². The Labute approximate surface area is 180 Å². The maximum absolute atomic E-state index is 12.5. The number of furan rings is 1. The van der Waals surface area contributed by atoms with Crippen LogP contribution in [-0.2, 0) is 16.1 Å². The molecule has 0 radical (unpaired) electrons. The Morgan fingerprint density at radius 1 is 1.23 bits per heavy atom. The van der Waals surface area contributed by atoms with Gasteiger partial charge >= 0.3 is 0 Å². The number of carbonyl (C=O) groups excluding carboxylic acids is 1. The molecule has 2 aromatic heterocycles. The molecule has 0 saturated carbocycles. The van der Waals surface area contributed by atoms with Crippen LogP contribution in [0.2, 0.25) is 0 Å². The van der Waals surface area contributed by atoms with Crippen LogP contribution < -0.4 is 5.32 Å². The van der Waals surface area contributed by atoms with E-state index in [1.54, 1.807) is 6.26 Å². The van der Waals surface area contributed by atoms with Gasteiger partial charge in [-0.25, -0.2) is 0 Å². The van der Waals surface area contributed by atoms with Gasteiger partial charge in [0.1, 0.15) is 5.76 Å². The molecule has 1 saturated heterocycles. The average Bonchev–Trinajstić information content (AvgIpc) is 3.41. The van der Waals surface area contributed by atoms with Crippen LogP contribution >= 0.6 is 11.8 Å². The second kappa shape index (κ2) is 9.06. The minimum absolute atomic E-state index is 0.0716. The SMILES string of the molecule is Cc1cc(C)cc(NC(=O)CSc2nnc(-c3ccoc3C)n2C[C@@H]2CCCO2)c1. The molecule has 1 amide bonds. The molecule has 8 heteroatoms. The van der Waals surface area contributed by atoms with Gasteiger partial charge in [0.2, 0.25) is 5.91 Å². The van der Waals surface area contributed by atoms with Crippen molar-refractivity contribution in [3.05, 3.63) is 47.4 Å². The molecule has 1 N–H and O–H groups in total. The van der Waals surface area contributed by atoms with Crippen molar-refractivity contribution in [1.82, 2.24) is 14.8 Å². The van der Waals surface area contributed by atoms with E-state index < -0.39 is 0 Å². The summed E-state index contributed by atoms with van der Waals surface area (Å²) in [6, 6.07) is 7.91. The fraction of sp³-hybridized carbons (Fsp3) is 0.409. The van der Waals surface area contributed by atoms with Crippen LogP contribution in [0, 0.1) is 20.8 Å². The number of hydrogen-bond donors (Lipinski definition) is 1. The van der Waals surface area contributed by atoms with Crippen molar-refractivity contribution in [1.29, 1.82) is 0 Å². The molecule has 7 nitrogen and oxygen atoms in total. The standard InChI is InChI=1S/C22H26N4O3S/c1-14-9-15(2)11-17(10-14)23-20(27)13-30-22-25-24-21(19-6-8-28-16(19)3)26(22)12-18-5-4-7-29-18/h6,8-11,18H,4-5,7,12-13H2,1-3H3,(H,23,27)/t18-/m0/s1. The van der Waals surface area contributed by atoms with Crippen LogP contribution in [0.1, 0.15) is 29.7 Å². The van der Waals surface area contributed by atoms with Crippen LogP contribution in [0.15, 0.2) is 40.1 Å². The summed E-state index contributed by atoms with van der Waals surface area (Å²) in [7, 11) is 0. The molecule has 1 aliphatic heterocycles. The van der Waals surface area contributed by atoms with E-state index in [2.05, 4.69) is 21.6 Å². The molecule has 3 aromatic rings. The van der Waals surface area contributed by atoms with Crippen LogP contribution in [0.4, 0.5) is 5.69 Å². The average molecular weight is 427 g/mol. The van der Waals surface area contributed by atoms with E-state index in [9.17, 15) is 4.79 Å². The van der Waals surface area contributed by atoms with E-state index in [4.69, 9.17) is 9.15 Å². The zero-order valence-electron chi connectivity index (χ0n) is 17.5. The quantitative estimate of drug-likeness (QED) is 0.565. The van der Waals surface area contributed by atoms with Gasteiger partial charge in [0.05, 0.1) is 30.2 Å². The number of hydrogen-bond acceptors (Lipinski definition) is 6. The highest BCUT2D eigenvalue weighted by molar-refractivity contribution is 7.99. The number of aromatic nitrogens is 3. The van der Waals surface area contributed by atoms with Gasteiger partial charge in [-0.15, -0.1) is 10.2 Å². The molecule has 1 atom stereocenters. The second-order valence-corrected chi connectivity index (χ2v) is 8.60. The third-order valence-electron chi connectivity index (χ3n) is 5.06. The van der Waals surface area contributed by atoms with E-state index in [0.29, 0.717) is 11.7 Å². The molecule has 0 spiro atoms. The molecule has 0 bridgehead atoms. The first-order chi connectivity index (χ1) is 14.5. The number of thioether (sulfide) groups is 1. The number of ether oxygens (including phenoxy) is 1. The lowest BCUT2D eigenvalue weighted by molar-refractivity contribution is -0.113. The van der Waals surface area contributed by atoms with Crippen molar-refractivity contribution < 1.29 is 13.9 Å². The summed E-state index contributed by atoms with van der Waals surface area (Å²) in [4.78, 5) is 12.5. The molecule has 158 valence electrons. The Bertz CT molecular complexity index is 1020. The Balaban J connectivity index is 1.49. The minimum Gasteiger partial charge on any atom is -0.469 e. The number of rotatable bonds is 7. The number of carbonyl (C=O) groups is 1. The van der Waals surface area contributed by atoms with Gasteiger partial charge in [-0.2, -0.15) is 0 Å². The zero-order valence-corrected chi connectivity index (χ0v) is 18.3. The maximum Gasteiger partial charge on any atom is 0.234 e. The van der Waals surface area contributed by atoms with E-state index >= 15 is 0 Å². The molecule has 1 aromatic carbocycles. The van der Waals surface area contributed by atoms with Crippen LogP contribution in [0.5, 0.6) is 0 Å². The highest BCUT2D eigenvalue weighted by Gasteiger charge is 2.23. The fourth-order valence-corrected chi connectivity index (χ4v) is 4.49. The number of amides is 1. The van der Waals surface area contributed by atoms with Crippen molar-refractivity contribution in [3.8, 4) is 11.4 Å². The summed E-state index contributed by atoms with van der Waals surface area (Å²) in [6.07, 6.45) is 3.86. The topological polar surface area (TPSA) is 82.2 Å². The van der Waals surface area contributed by atoms with E-state index in [1.807, 2.05) is 43.5 Å². The zero-order chi connectivity index (χ0) is 21.1. The monoisotopic (exact) mass is 426 g/mol. The molecular weight excluding hydrogens is 400 g/mol. The number of aryl methyl sites for hydroxylation is 3. The Morgan fingerprint density at radius 2 is 2.03 bits per heavy atom. The molecule has 30 heavy (non-hydrogen) atoms. The summed E-state index contributed by atoms with van der Waals surface area (Å²) in [5, 5.41) is 12.4. The fourth-order valence-electron chi connectivity index (χ4n) is 3.74. The summed E-state index contributed by atoms with van der Waals surface area (Å²) < 4.78 is 13.3. The molecule has 1 fully saturated rings. The van der Waals surface area contributed by atoms with Gasteiger partial charge in [0, 0.05) is 12.3 Å². The molecule has 4 rings (SSSR count). The second-order valence-electron chi connectivity index (χ2n) is 7.66. The predicted octanol–water partition coefficient (Wildman–Crippen LogP) is 4.37. The Morgan fingerprint density at radius 3 is 2.70 bits per heavy atom. The van der Waals surface area contributed by atoms with Crippen molar-refractivity contribution in [2.45, 2.75) is 51.4 Å². The first kappa shape index (κ1) is 20.7. The Kier molecular flexibility index (Phi) is 6.24. The third kappa shape index (κ3) is 4.76. The first-order valence-corrected chi connectivity index (χ1v) is 11.1. The number of anilines is 1. The largest absolute Gasteiger partial charge is 0.469 e. The van der Waals surface area contributed by atoms with Gasteiger partial charge in [-0.3, -0.25) is 9.36 Å². The van der Waals surface area contributed by atoms with Crippen molar-refractivity contribution in [2.24, 2.45) is 0 Å². The van der Waals surface area contributed by atoms with Gasteiger partial charge in [0.25, 0.3) is 0 Å². The van der Waals surface area contributed by atoms with Crippen LogP contribution in [0.3, 0.4) is 0 Å². The highest BCUT2D eigenvalue weighted by Crippen LogP contribution is 2.29. The number of nitrogens with zero attached hydrogens (tertiary/aromatic N) is 3. The van der Waals surface area contributed by atoms with Gasteiger partial charge < -0.3 is 14.5 Å². The lowest BCUT2D eigenvalue weighted by Gasteiger charge is -2.14. The highest BCUT2D eigenvalue weighted by atomic mass is 32.2. The predicted molar refractivity (Wildman–Crippen MR) is 117 cm³/mol. The van der Waals surface area contributed by atoms with Crippen LogP contribution in [-0.4, -0.2) is 39.1 Å². The van der Waals surface area contributed by atoms with Crippen molar-refractivity contribution >= 4 is 23.4 Å². The smallest absolute Gasteiger partial charge is 0.234 e. The van der Waals surface area contributed by atoms with Crippen molar-refractivity contribution in [3.63, 3.8) is 0 Å². The molecule has 0 unspecified atom stereocenters. The number of nitrogens with one attached hydrogen (secondary N) is 1. The minimum atomic E-state index is -0.0716. The Hall–Kier alpha value is -2.58. The maximum atomic E-state index is 12.5. The lowest BCUT2D eigenvalue weighted by Crippen LogP contribution is -2.18. The summed E-state index contributed by atoms with van der Waals surface area (Å²) in [6.45, 7) is 7.39. The lowest BCUT2D eigenvalue weighted by atomic mass is 10.1. The third-order valence-corrected chi connectivity index (χ3v) is 6.03. The molecule has 1 aliphatic rings. The summed E-state index contributed by atoms with van der Waals surface area (Å²) in [5.41, 5.74) is 3.96. The molecular formula is C22H26N4O3S. The number of benzene rings is 1. The summed E-state index contributed by atoms with van der Waals surface area (Å²) >= 11 is 1.38. The van der Waals surface area contributed by atoms with E-state index in [1.165, 1.54) is 11.8 Å². The van der Waals surface area contributed by atoms with Gasteiger partial charge in [0.15, 0.2) is 11.0 Å². The normalized spacial score (nSPS) is 16.2. The van der Waals surface area contributed by atoms with Gasteiger partial charge in [-0.05, 0) is 62.9 Å². The molecule has 3 heterocycles. The molecule has 0 aliphatic carbocycles.